The minimum absolute atomic E-state index is 0.00699. The number of ketones is 1. The molecule has 1 N–H and O–H groups in total. The van der Waals surface area contributed by atoms with Crippen molar-refractivity contribution in [3.8, 4) is 5.75 Å². The summed E-state index contributed by atoms with van der Waals surface area (Å²) in [6.07, 6.45) is 0. The fourth-order valence-electron chi connectivity index (χ4n) is 1.50. The van der Waals surface area contributed by atoms with Gasteiger partial charge in [0, 0.05) is 17.1 Å². The second kappa shape index (κ2) is 7.25. The number of nitrogens with zero attached hydrogens (tertiary/aromatic N) is 2. The number of thioether (sulfide) groups is 1. The molecule has 2 aromatic rings. The zero-order chi connectivity index (χ0) is 14.4. The molecule has 5 nitrogen and oxygen atoms in total. The zero-order valence-electron chi connectivity index (χ0n) is 11.3. The van der Waals surface area contributed by atoms with Crippen molar-refractivity contribution in [2.24, 2.45) is 0 Å². The number of ether oxygens (including phenoxy) is 1. The summed E-state index contributed by atoms with van der Waals surface area (Å²) >= 11 is 2.85. The summed E-state index contributed by atoms with van der Waals surface area (Å²) in [5.74, 6) is 1.67. The van der Waals surface area contributed by atoms with Gasteiger partial charge in [-0.15, -0.1) is 0 Å². The molecule has 7 heteroatoms. The molecule has 20 heavy (non-hydrogen) atoms. The highest BCUT2D eigenvalue weighted by molar-refractivity contribution is 7.99. The number of methoxy groups -OCH3 is 1. The predicted molar refractivity (Wildman–Crippen MR) is 82.1 cm³/mol. The summed E-state index contributed by atoms with van der Waals surface area (Å²) in [5, 5.41) is 4.42. The van der Waals surface area contributed by atoms with Crippen LogP contribution in [0.5, 0.6) is 5.75 Å². The van der Waals surface area contributed by atoms with Crippen molar-refractivity contribution in [3.63, 3.8) is 0 Å². The van der Waals surface area contributed by atoms with E-state index in [0.29, 0.717) is 10.7 Å². The van der Waals surface area contributed by atoms with Crippen LogP contribution in [0.3, 0.4) is 0 Å². The lowest BCUT2D eigenvalue weighted by atomic mass is 10.1. The fraction of sp³-hybridized carbons (Fsp3) is 0.308. The molecule has 0 unspecified atom stereocenters. The lowest BCUT2D eigenvalue weighted by Gasteiger charge is -2.03. The minimum atomic E-state index is 0.00699. The maximum Gasteiger partial charge on any atom is 0.203 e. The van der Waals surface area contributed by atoms with Crippen molar-refractivity contribution >= 4 is 34.2 Å². The van der Waals surface area contributed by atoms with Crippen LogP contribution in [-0.4, -0.2) is 34.5 Å². The van der Waals surface area contributed by atoms with Gasteiger partial charge in [-0.05, 0) is 30.0 Å². The van der Waals surface area contributed by atoms with Crippen molar-refractivity contribution in [1.82, 2.24) is 9.36 Å². The SMILES string of the molecule is CCSc1nsc(NCC(=O)c2ccc(OC)cc2)n1. The van der Waals surface area contributed by atoms with E-state index in [1.807, 2.05) is 6.92 Å². The summed E-state index contributed by atoms with van der Waals surface area (Å²) in [6, 6.07) is 7.05. The van der Waals surface area contributed by atoms with E-state index in [1.165, 1.54) is 11.5 Å². The second-order valence-electron chi connectivity index (χ2n) is 3.82. The highest BCUT2D eigenvalue weighted by Crippen LogP contribution is 2.19. The third-order valence-corrected chi connectivity index (χ3v) is 4.01. The van der Waals surface area contributed by atoms with Crippen molar-refractivity contribution in [2.75, 3.05) is 24.7 Å². The standard InChI is InChI=1S/C13H15N3O2S2/c1-3-19-13-15-12(20-16-13)14-8-11(17)9-4-6-10(18-2)7-5-9/h4-7H,3,8H2,1-2H3,(H,14,15,16). The molecule has 0 amide bonds. The van der Waals surface area contributed by atoms with E-state index < -0.39 is 0 Å². The topological polar surface area (TPSA) is 64.1 Å². The number of anilines is 1. The van der Waals surface area contributed by atoms with Crippen LogP contribution in [-0.2, 0) is 0 Å². The third kappa shape index (κ3) is 3.94. The van der Waals surface area contributed by atoms with Gasteiger partial charge < -0.3 is 10.1 Å². The minimum Gasteiger partial charge on any atom is -0.497 e. The first-order valence-corrected chi connectivity index (χ1v) is 7.86. The van der Waals surface area contributed by atoms with Gasteiger partial charge >= 0.3 is 0 Å². The second-order valence-corrected chi connectivity index (χ2v) is 5.80. The Morgan fingerprint density at radius 2 is 2.15 bits per heavy atom. The molecule has 0 saturated carbocycles. The Balaban J connectivity index is 1.90. The van der Waals surface area contributed by atoms with Gasteiger partial charge in [-0.2, -0.15) is 9.36 Å². The van der Waals surface area contributed by atoms with E-state index in [-0.39, 0.29) is 12.3 Å². The maximum absolute atomic E-state index is 12.0. The molecule has 1 heterocycles. The van der Waals surface area contributed by atoms with Crippen LogP contribution in [0.4, 0.5) is 5.13 Å². The van der Waals surface area contributed by atoms with Gasteiger partial charge in [-0.3, -0.25) is 4.79 Å². The van der Waals surface area contributed by atoms with Crippen molar-refractivity contribution in [3.05, 3.63) is 29.8 Å². The molecule has 0 atom stereocenters. The highest BCUT2D eigenvalue weighted by atomic mass is 32.2. The molecule has 2 rings (SSSR count). The van der Waals surface area contributed by atoms with Gasteiger partial charge in [0.05, 0.1) is 13.7 Å². The number of carbonyl (C=O) groups is 1. The third-order valence-electron chi connectivity index (χ3n) is 2.49. The van der Waals surface area contributed by atoms with Crippen LogP contribution in [0.15, 0.2) is 29.4 Å². The molecule has 0 aliphatic heterocycles. The quantitative estimate of drug-likeness (QED) is 0.626. The summed E-state index contributed by atoms with van der Waals surface area (Å²) in [4.78, 5) is 16.3. The molecule has 0 saturated heterocycles. The molecule has 1 aromatic heterocycles. The van der Waals surface area contributed by atoms with E-state index in [1.54, 1.807) is 43.1 Å². The van der Waals surface area contributed by atoms with Crippen LogP contribution in [0.2, 0.25) is 0 Å². The number of benzene rings is 1. The van der Waals surface area contributed by atoms with Gasteiger partial charge in [0.1, 0.15) is 5.75 Å². The summed E-state index contributed by atoms with van der Waals surface area (Å²) < 4.78 is 9.24. The van der Waals surface area contributed by atoms with Gasteiger partial charge in [-0.25, -0.2) is 0 Å². The number of carbonyl (C=O) groups excluding carboxylic acids is 1. The molecule has 0 bridgehead atoms. The van der Waals surface area contributed by atoms with Gasteiger partial charge in [0.15, 0.2) is 5.78 Å². The Morgan fingerprint density at radius 3 is 2.80 bits per heavy atom. The van der Waals surface area contributed by atoms with Crippen LogP contribution in [0.25, 0.3) is 0 Å². The number of nitrogens with one attached hydrogen (secondary N) is 1. The largest absolute Gasteiger partial charge is 0.497 e. The molecule has 0 fully saturated rings. The van der Waals surface area contributed by atoms with Gasteiger partial charge in [0.25, 0.3) is 0 Å². The number of aromatic nitrogens is 2. The van der Waals surface area contributed by atoms with E-state index in [9.17, 15) is 4.79 Å². The Morgan fingerprint density at radius 1 is 1.40 bits per heavy atom. The molecular weight excluding hydrogens is 294 g/mol. The van der Waals surface area contributed by atoms with Crippen molar-refractivity contribution < 1.29 is 9.53 Å². The van der Waals surface area contributed by atoms with Crippen molar-refractivity contribution in [1.29, 1.82) is 0 Å². The number of hydrogen-bond donors (Lipinski definition) is 1. The van der Waals surface area contributed by atoms with Crippen LogP contribution in [0, 0.1) is 0 Å². The highest BCUT2D eigenvalue weighted by Gasteiger charge is 2.08. The average Bonchev–Trinajstić information content (AvgIpc) is 2.93. The lowest BCUT2D eigenvalue weighted by Crippen LogP contribution is -2.13. The van der Waals surface area contributed by atoms with Crippen LogP contribution < -0.4 is 10.1 Å². The Kier molecular flexibility index (Phi) is 5.37. The normalized spacial score (nSPS) is 10.3. The Labute approximate surface area is 125 Å². The molecule has 106 valence electrons. The molecule has 1 aromatic carbocycles. The van der Waals surface area contributed by atoms with E-state index >= 15 is 0 Å². The Hall–Kier alpha value is -1.60. The molecule has 0 aliphatic rings. The van der Waals surface area contributed by atoms with E-state index in [2.05, 4.69) is 14.7 Å². The monoisotopic (exact) mass is 309 g/mol. The summed E-state index contributed by atoms with van der Waals surface area (Å²) in [7, 11) is 1.60. The predicted octanol–water partition coefficient (Wildman–Crippen LogP) is 2.95. The van der Waals surface area contributed by atoms with Crippen molar-refractivity contribution in [2.45, 2.75) is 12.1 Å². The smallest absolute Gasteiger partial charge is 0.203 e. The summed E-state index contributed by atoms with van der Waals surface area (Å²) in [5.41, 5.74) is 0.644. The first-order valence-electron chi connectivity index (χ1n) is 6.10. The lowest BCUT2D eigenvalue weighted by molar-refractivity contribution is 0.101. The van der Waals surface area contributed by atoms with E-state index in [4.69, 9.17) is 4.74 Å². The van der Waals surface area contributed by atoms with Crippen LogP contribution >= 0.6 is 23.3 Å². The maximum atomic E-state index is 12.0. The molecule has 0 aliphatic carbocycles. The fourth-order valence-corrected chi connectivity index (χ4v) is 2.77. The number of Topliss-reactive ketones (excluding diaryl/α,β-unsaturated/α-hetero) is 1. The van der Waals surface area contributed by atoms with Gasteiger partial charge in [-0.1, -0.05) is 18.7 Å². The molecule has 0 radical (unpaired) electrons. The van der Waals surface area contributed by atoms with Gasteiger partial charge in [0.2, 0.25) is 10.3 Å². The first-order chi connectivity index (χ1) is 9.72. The first kappa shape index (κ1) is 14.8. The van der Waals surface area contributed by atoms with Crippen LogP contribution in [0.1, 0.15) is 17.3 Å². The zero-order valence-corrected chi connectivity index (χ0v) is 12.9. The summed E-state index contributed by atoms with van der Waals surface area (Å²) in [6.45, 7) is 2.25. The molecule has 0 spiro atoms. The van der Waals surface area contributed by atoms with E-state index in [0.717, 1.165) is 16.7 Å². The molecular formula is C13H15N3O2S2. The number of rotatable bonds is 7. The Bertz CT molecular complexity index is 569. The average molecular weight is 309 g/mol. The number of hydrogen-bond acceptors (Lipinski definition) is 7.